The molecule has 0 saturated heterocycles. The lowest BCUT2D eigenvalue weighted by atomic mass is 10.2. The predicted molar refractivity (Wildman–Crippen MR) is 68.2 cm³/mol. The van der Waals surface area contributed by atoms with Crippen LogP contribution < -0.4 is 0 Å². The lowest BCUT2D eigenvalue weighted by Crippen LogP contribution is -2.00. The van der Waals surface area contributed by atoms with Gasteiger partial charge in [0.1, 0.15) is 6.07 Å². The Balaban J connectivity index is 2.09. The monoisotopic (exact) mass is 236 g/mol. The largest absolute Gasteiger partial charge is 0.322 e. The third-order valence-corrected chi connectivity index (χ3v) is 2.98. The van der Waals surface area contributed by atoms with Gasteiger partial charge >= 0.3 is 0 Å². The molecule has 0 bridgehead atoms. The summed E-state index contributed by atoms with van der Waals surface area (Å²) < 4.78 is 3.83. The van der Waals surface area contributed by atoms with Crippen LogP contribution in [-0.2, 0) is 6.54 Å². The van der Waals surface area contributed by atoms with Crippen LogP contribution in [0.25, 0.3) is 5.52 Å². The fraction of sp³-hybridized carbons (Fsp3) is 0.143. The number of nitrogens with zero attached hydrogens (tertiary/aromatic N) is 4. The van der Waals surface area contributed by atoms with Crippen LogP contribution in [0.15, 0.2) is 42.9 Å². The van der Waals surface area contributed by atoms with Crippen LogP contribution in [0.5, 0.6) is 0 Å². The zero-order valence-electron chi connectivity index (χ0n) is 10.0. The molecular formula is C14H12N4. The number of rotatable bonds is 2. The van der Waals surface area contributed by atoms with Gasteiger partial charge in [0.25, 0.3) is 0 Å². The molecule has 0 aliphatic rings. The molecule has 0 atom stereocenters. The molecule has 0 N–H and O–H groups in total. The minimum Gasteiger partial charge on any atom is -0.322 e. The van der Waals surface area contributed by atoms with E-state index in [0.717, 1.165) is 22.3 Å². The highest BCUT2D eigenvalue weighted by molar-refractivity contribution is 5.65. The molecule has 0 amide bonds. The number of aryl methyl sites for hydroxylation is 1. The van der Waals surface area contributed by atoms with Gasteiger partial charge in [-0.2, -0.15) is 10.4 Å². The number of hydrogen-bond acceptors (Lipinski definition) is 2. The van der Waals surface area contributed by atoms with Crippen molar-refractivity contribution in [1.29, 1.82) is 5.26 Å². The molecule has 0 radical (unpaired) electrons. The number of hydrogen-bond donors (Lipinski definition) is 0. The van der Waals surface area contributed by atoms with E-state index in [1.807, 2.05) is 58.9 Å². The van der Waals surface area contributed by atoms with Crippen LogP contribution in [0, 0.1) is 18.3 Å². The predicted octanol–water partition coefficient (Wildman–Crippen LogP) is 2.36. The molecule has 3 heterocycles. The molecule has 3 aromatic rings. The summed E-state index contributed by atoms with van der Waals surface area (Å²) >= 11 is 0. The molecule has 3 rings (SSSR count). The quantitative estimate of drug-likeness (QED) is 0.685. The van der Waals surface area contributed by atoms with Crippen molar-refractivity contribution < 1.29 is 0 Å². The highest BCUT2D eigenvalue weighted by Crippen LogP contribution is 2.18. The molecule has 4 nitrogen and oxygen atoms in total. The molecule has 0 fully saturated rings. The van der Waals surface area contributed by atoms with Crippen LogP contribution >= 0.6 is 0 Å². The second-order valence-corrected chi connectivity index (χ2v) is 4.29. The van der Waals surface area contributed by atoms with Crippen molar-refractivity contribution in [2.45, 2.75) is 13.5 Å². The van der Waals surface area contributed by atoms with E-state index in [1.165, 1.54) is 0 Å². The summed E-state index contributed by atoms with van der Waals surface area (Å²) in [5.74, 6) is 0. The molecule has 0 spiro atoms. The van der Waals surface area contributed by atoms with Gasteiger partial charge in [0, 0.05) is 24.2 Å². The van der Waals surface area contributed by atoms with Crippen LogP contribution in [0.1, 0.15) is 16.8 Å². The number of pyridine rings is 1. The van der Waals surface area contributed by atoms with E-state index in [4.69, 9.17) is 0 Å². The SMILES string of the molecule is Cc1ccn(Cc2cn3ccccc3c2C#N)n1. The minimum atomic E-state index is 0.623. The topological polar surface area (TPSA) is 46.0 Å². The maximum atomic E-state index is 9.30. The van der Waals surface area contributed by atoms with Crippen molar-refractivity contribution in [1.82, 2.24) is 14.2 Å². The third-order valence-electron chi connectivity index (χ3n) is 2.98. The van der Waals surface area contributed by atoms with Gasteiger partial charge in [-0.15, -0.1) is 0 Å². The van der Waals surface area contributed by atoms with Gasteiger partial charge < -0.3 is 4.40 Å². The van der Waals surface area contributed by atoms with E-state index < -0.39 is 0 Å². The average molecular weight is 236 g/mol. The number of fused-ring (bicyclic) bond motifs is 1. The first-order valence-corrected chi connectivity index (χ1v) is 5.76. The van der Waals surface area contributed by atoms with E-state index in [0.29, 0.717) is 6.54 Å². The second-order valence-electron chi connectivity index (χ2n) is 4.29. The summed E-state index contributed by atoms with van der Waals surface area (Å²) in [6.45, 7) is 2.58. The Kier molecular flexibility index (Phi) is 2.38. The third kappa shape index (κ3) is 1.66. The van der Waals surface area contributed by atoms with Crippen LogP contribution in [-0.4, -0.2) is 14.2 Å². The molecule has 4 heteroatoms. The van der Waals surface area contributed by atoms with Crippen molar-refractivity contribution in [3.05, 3.63) is 59.7 Å². The van der Waals surface area contributed by atoms with Gasteiger partial charge in [-0.05, 0) is 25.1 Å². The molecule has 0 aliphatic heterocycles. The average Bonchev–Trinajstić information content (AvgIpc) is 2.92. The Hall–Kier alpha value is -2.54. The molecule has 3 aromatic heterocycles. The zero-order chi connectivity index (χ0) is 12.5. The first-order valence-electron chi connectivity index (χ1n) is 5.76. The Morgan fingerprint density at radius 2 is 2.17 bits per heavy atom. The first-order chi connectivity index (χ1) is 8.78. The minimum absolute atomic E-state index is 0.623. The Morgan fingerprint density at radius 3 is 2.89 bits per heavy atom. The molecule has 0 saturated carbocycles. The van der Waals surface area contributed by atoms with Crippen molar-refractivity contribution in [3.63, 3.8) is 0 Å². The zero-order valence-corrected chi connectivity index (χ0v) is 10.0. The van der Waals surface area contributed by atoms with E-state index in [2.05, 4.69) is 11.2 Å². The number of aromatic nitrogens is 3. The molecule has 88 valence electrons. The summed E-state index contributed by atoms with van der Waals surface area (Å²) in [6, 6.07) is 10.1. The van der Waals surface area contributed by atoms with Crippen molar-refractivity contribution in [2.24, 2.45) is 0 Å². The number of nitriles is 1. The van der Waals surface area contributed by atoms with Crippen molar-refractivity contribution in [2.75, 3.05) is 0 Å². The normalized spacial score (nSPS) is 10.7. The van der Waals surface area contributed by atoms with Gasteiger partial charge in [-0.1, -0.05) is 6.07 Å². The maximum Gasteiger partial charge on any atom is 0.102 e. The van der Waals surface area contributed by atoms with Gasteiger partial charge in [0.15, 0.2) is 0 Å². The Morgan fingerprint density at radius 1 is 1.28 bits per heavy atom. The van der Waals surface area contributed by atoms with E-state index in [9.17, 15) is 5.26 Å². The van der Waals surface area contributed by atoms with Crippen molar-refractivity contribution >= 4 is 5.52 Å². The summed E-state index contributed by atoms with van der Waals surface area (Å²) in [4.78, 5) is 0. The van der Waals surface area contributed by atoms with Gasteiger partial charge in [-0.3, -0.25) is 4.68 Å². The summed E-state index contributed by atoms with van der Waals surface area (Å²) in [6.07, 6.45) is 5.87. The van der Waals surface area contributed by atoms with Crippen LogP contribution in [0.4, 0.5) is 0 Å². The molecular weight excluding hydrogens is 224 g/mol. The first kappa shape index (κ1) is 10.6. The highest BCUT2D eigenvalue weighted by Gasteiger charge is 2.10. The summed E-state index contributed by atoms with van der Waals surface area (Å²) in [5, 5.41) is 13.6. The molecule has 0 unspecified atom stereocenters. The van der Waals surface area contributed by atoms with Gasteiger partial charge in [0.05, 0.1) is 23.3 Å². The standard InChI is InChI=1S/C14H12N4/c1-11-5-7-18(16-11)10-12-9-17-6-3-2-4-14(17)13(12)8-15/h2-7,9H,10H2,1H3. The van der Waals surface area contributed by atoms with Crippen LogP contribution in [0.3, 0.4) is 0 Å². The van der Waals surface area contributed by atoms with Gasteiger partial charge in [0.2, 0.25) is 0 Å². The smallest absolute Gasteiger partial charge is 0.102 e. The second kappa shape index (κ2) is 4.04. The van der Waals surface area contributed by atoms with E-state index in [-0.39, 0.29) is 0 Å². The lowest BCUT2D eigenvalue weighted by Gasteiger charge is -1.98. The lowest BCUT2D eigenvalue weighted by molar-refractivity contribution is 0.679. The maximum absolute atomic E-state index is 9.30. The summed E-state index contributed by atoms with van der Waals surface area (Å²) in [5.41, 5.74) is 3.65. The van der Waals surface area contributed by atoms with E-state index in [1.54, 1.807) is 0 Å². The fourth-order valence-corrected chi connectivity index (χ4v) is 2.15. The van der Waals surface area contributed by atoms with E-state index >= 15 is 0 Å². The van der Waals surface area contributed by atoms with Crippen molar-refractivity contribution in [3.8, 4) is 6.07 Å². The fourth-order valence-electron chi connectivity index (χ4n) is 2.15. The molecule has 0 aliphatic carbocycles. The summed E-state index contributed by atoms with van der Waals surface area (Å²) in [7, 11) is 0. The highest BCUT2D eigenvalue weighted by atomic mass is 15.3. The molecule has 18 heavy (non-hydrogen) atoms. The van der Waals surface area contributed by atoms with Crippen LogP contribution in [0.2, 0.25) is 0 Å². The molecule has 0 aromatic carbocycles. The van der Waals surface area contributed by atoms with Gasteiger partial charge in [-0.25, -0.2) is 0 Å². The Labute approximate surface area is 105 Å². The Bertz CT molecular complexity index is 743.